The quantitative estimate of drug-likeness (QED) is 0.584. The van der Waals surface area contributed by atoms with Gasteiger partial charge in [-0.1, -0.05) is 27.7 Å². The lowest BCUT2D eigenvalue weighted by molar-refractivity contribution is -0.139. The van der Waals surface area contributed by atoms with Gasteiger partial charge in [-0.2, -0.15) is 0 Å². The Morgan fingerprint density at radius 1 is 1.11 bits per heavy atom. The van der Waals surface area contributed by atoms with Crippen LogP contribution in [0.5, 0.6) is 0 Å². The van der Waals surface area contributed by atoms with E-state index < -0.39 is 18.0 Å². The van der Waals surface area contributed by atoms with E-state index in [2.05, 4.69) is 24.5 Å². The van der Waals surface area contributed by atoms with Crippen molar-refractivity contribution in [2.24, 2.45) is 11.8 Å². The number of carboxylic acids is 1. The van der Waals surface area contributed by atoms with E-state index in [1.807, 2.05) is 13.8 Å². The second-order valence-corrected chi connectivity index (χ2v) is 5.46. The molecule has 2 amide bonds. The van der Waals surface area contributed by atoms with E-state index >= 15 is 0 Å². The average molecular weight is 258 g/mol. The summed E-state index contributed by atoms with van der Waals surface area (Å²) in [5, 5.41) is 14.1. The first-order valence-electron chi connectivity index (χ1n) is 6.60. The molecule has 5 heteroatoms. The number of hydrogen-bond donors (Lipinski definition) is 3. The number of rotatable bonds is 8. The zero-order valence-corrected chi connectivity index (χ0v) is 11.8. The molecule has 18 heavy (non-hydrogen) atoms. The molecule has 0 aromatic carbocycles. The van der Waals surface area contributed by atoms with Crippen LogP contribution in [0.15, 0.2) is 0 Å². The van der Waals surface area contributed by atoms with Gasteiger partial charge in [0.05, 0.1) is 0 Å². The molecular formula is C13H26N2O3. The number of amides is 2. The van der Waals surface area contributed by atoms with Crippen molar-refractivity contribution in [3.8, 4) is 0 Å². The standard InChI is InChI=1S/C13H26N2O3/c1-9(2)6-5-7-14-13(18)15-11(12(16)17)8-10(3)4/h9-11H,5-8H2,1-4H3,(H,16,17)(H2,14,15,18)/t11-/m0/s1. The maximum atomic E-state index is 11.5. The van der Waals surface area contributed by atoms with E-state index in [1.165, 1.54) is 0 Å². The summed E-state index contributed by atoms with van der Waals surface area (Å²) < 4.78 is 0. The van der Waals surface area contributed by atoms with Crippen LogP contribution in [0.3, 0.4) is 0 Å². The number of carbonyl (C=O) groups is 2. The molecular weight excluding hydrogens is 232 g/mol. The van der Waals surface area contributed by atoms with E-state index in [-0.39, 0.29) is 5.92 Å². The molecule has 0 aromatic heterocycles. The number of urea groups is 1. The van der Waals surface area contributed by atoms with Crippen molar-refractivity contribution in [2.75, 3.05) is 6.54 Å². The van der Waals surface area contributed by atoms with E-state index in [0.717, 1.165) is 12.8 Å². The third-order valence-corrected chi connectivity index (χ3v) is 2.55. The lowest BCUT2D eigenvalue weighted by Crippen LogP contribution is -2.46. The molecule has 0 saturated heterocycles. The Kier molecular flexibility index (Phi) is 8.16. The van der Waals surface area contributed by atoms with Gasteiger partial charge in [-0.25, -0.2) is 9.59 Å². The van der Waals surface area contributed by atoms with E-state index in [1.54, 1.807) is 0 Å². The van der Waals surface area contributed by atoms with Gasteiger partial charge in [0.2, 0.25) is 0 Å². The number of hydrogen-bond acceptors (Lipinski definition) is 2. The Morgan fingerprint density at radius 2 is 1.72 bits per heavy atom. The zero-order valence-electron chi connectivity index (χ0n) is 11.8. The van der Waals surface area contributed by atoms with Gasteiger partial charge in [0.15, 0.2) is 0 Å². The molecule has 0 heterocycles. The van der Waals surface area contributed by atoms with Crippen molar-refractivity contribution in [1.82, 2.24) is 10.6 Å². The summed E-state index contributed by atoms with van der Waals surface area (Å²) in [6, 6.07) is -1.21. The van der Waals surface area contributed by atoms with Crippen LogP contribution in [-0.2, 0) is 4.79 Å². The van der Waals surface area contributed by atoms with E-state index in [9.17, 15) is 9.59 Å². The minimum atomic E-state index is -0.985. The minimum Gasteiger partial charge on any atom is -0.480 e. The molecule has 0 spiro atoms. The van der Waals surface area contributed by atoms with Crippen LogP contribution < -0.4 is 10.6 Å². The summed E-state index contributed by atoms with van der Waals surface area (Å²) in [5.41, 5.74) is 0. The Morgan fingerprint density at radius 3 is 2.17 bits per heavy atom. The maximum absolute atomic E-state index is 11.5. The Hall–Kier alpha value is -1.26. The van der Waals surface area contributed by atoms with Gasteiger partial charge in [0.1, 0.15) is 6.04 Å². The minimum absolute atomic E-state index is 0.229. The topological polar surface area (TPSA) is 78.4 Å². The first-order chi connectivity index (χ1) is 8.32. The zero-order chi connectivity index (χ0) is 14.1. The highest BCUT2D eigenvalue weighted by molar-refractivity contribution is 5.82. The Bertz CT molecular complexity index is 265. The summed E-state index contributed by atoms with van der Waals surface area (Å²) in [5.74, 6) is -0.143. The second-order valence-electron chi connectivity index (χ2n) is 5.46. The first kappa shape index (κ1) is 16.7. The normalized spacial score (nSPS) is 12.6. The molecule has 0 saturated carbocycles. The van der Waals surface area contributed by atoms with Gasteiger partial charge in [-0.15, -0.1) is 0 Å². The highest BCUT2D eigenvalue weighted by Gasteiger charge is 2.20. The lowest BCUT2D eigenvalue weighted by atomic mass is 10.0. The van der Waals surface area contributed by atoms with Crippen LogP contribution in [0.4, 0.5) is 4.79 Å². The fourth-order valence-corrected chi connectivity index (χ4v) is 1.61. The van der Waals surface area contributed by atoms with E-state index in [0.29, 0.717) is 18.9 Å². The molecule has 0 unspecified atom stereocenters. The molecule has 106 valence electrons. The molecule has 0 bridgehead atoms. The van der Waals surface area contributed by atoms with Gasteiger partial charge in [-0.05, 0) is 31.1 Å². The van der Waals surface area contributed by atoms with Crippen molar-refractivity contribution in [2.45, 2.75) is 53.0 Å². The van der Waals surface area contributed by atoms with Crippen LogP contribution in [0, 0.1) is 11.8 Å². The third kappa shape index (κ3) is 8.84. The van der Waals surface area contributed by atoms with Crippen LogP contribution in [0.25, 0.3) is 0 Å². The van der Waals surface area contributed by atoms with Gasteiger partial charge in [0, 0.05) is 6.54 Å². The predicted molar refractivity (Wildman–Crippen MR) is 71.5 cm³/mol. The SMILES string of the molecule is CC(C)CCCNC(=O)N[C@@H](CC(C)C)C(=O)O. The summed E-state index contributed by atoms with van der Waals surface area (Å²) in [7, 11) is 0. The van der Waals surface area contributed by atoms with E-state index in [4.69, 9.17) is 5.11 Å². The molecule has 0 aliphatic heterocycles. The molecule has 0 aromatic rings. The second kappa shape index (κ2) is 8.78. The molecule has 1 atom stereocenters. The molecule has 0 fully saturated rings. The maximum Gasteiger partial charge on any atom is 0.326 e. The fraction of sp³-hybridized carbons (Fsp3) is 0.846. The summed E-state index contributed by atoms with van der Waals surface area (Å²) in [6.45, 7) is 8.70. The van der Waals surface area contributed by atoms with Crippen LogP contribution >= 0.6 is 0 Å². The lowest BCUT2D eigenvalue weighted by Gasteiger charge is -2.17. The fourth-order valence-electron chi connectivity index (χ4n) is 1.61. The van der Waals surface area contributed by atoms with Crippen molar-refractivity contribution in [1.29, 1.82) is 0 Å². The van der Waals surface area contributed by atoms with Gasteiger partial charge >= 0.3 is 12.0 Å². The van der Waals surface area contributed by atoms with Crippen LogP contribution in [-0.4, -0.2) is 29.7 Å². The molecule has 0 radical (unpaired) electrons. The van der Waals surface area contributed by atoms with Crippen LogP contribution in [0.2, 0.25) is 0 Å². The van der Waals surface area contributed by atoms with Crippen molar-refractivity contribution in [3.63, 3.8) is 0 Å². The molecule has 0 rings (SSSR count). The molecule has 0 aliphatic carbocycles. The van der Waals surface area contributed by atoms with Gasteiger partial charge < -0.3 is 15.7 Å². The summed E-state index contributed by atoms with van der Waals surface area (Å²) in [6.07, 6.45) is 2.40. The first-order valence-corrected chi connectivity index (χ1v) is 6.60. The smallest absolute Gasteiger partial charge is 0.326 e. The highest BCUT2D eigenvalue weighted by atomic mass is 16.4. The average Bonchev–Trinajstić information content (AvgIpc) is 2.22. The van der Waals surface area contributed by atoms with Gasteiger partial charge in [0.25, 0.3) is 0 Å². The summed E-state index contributed by atoms with van der Waals surface area (Å²) in [4.78, 5) is 22.4. The number of aliphatic carboxylic acids is 1. The summed E-state index contributed by atoms with van der Waals surface area (Å²) >= 11 is 0. The predicted octanol–water partition coefficient (Wildman–Crippen LogP) is 2.22. The monoisotopic (exact) mass is 258 g/mol. The Labute approximate surface area is 109 Å². The number of carbonyl (C=O) groups excluding carboxylic acids is 1. The number of carboxylic acid groups (broad SMARTS) is 1. The molecule has 0 aliphatic rings. The van der Waals surface area contributed by atoms with Gasteiger partial charge in [-0.3, -0.25) is 0 Å². The van der Waals surface area contributed by atoms with Crippen molar-refractivity contribution in [3.05, 3.63) is 0 Å². The third-order valence-electron chi connectivity index (χ3n) is 2.55. The highest BCUT2D eigenvalue weighted by Crippen LogP contribution is 2.05. The molecule has 3 N–H and O–H groups in total. The van der Waals surface area contributed by atoms with Crippen LogP contribution in [0.1, 0.15) is 47.0 Å². The van der Waals surface area contributed by atoms with Crippen molar-refractivity contribution >= 4 is 12.0 Å². The van der Waals surface area contributed by atoms with Crippen molar-refractivity contribution < 1.29 is 14.7 Å². The Balaban J connectivity index is 3.92. The largest absolute Gasteiger partial charge is 0.480 e. The molecule has 5 nitrogen and oxygen atoms in total. The number of nitrogens with one attached hydrogen (secondary N) is 2.